The fraction of sp³-hybridized carbons (Fsp3) is 0.111. The quantitative estimate of drug-likeness (QED) is 0.790. The number of rotatable bonds is 4. The van der Waals surface area contributed by atoms with Crippen LogP contribution in [0.15, 0.2) is 42.5 Å². The average Bonchev–Trinajstić information content (AvgIpc) is 2.60. The third kappa shape index (κ3) is 2.74. The first-order chi connectivity index (χ1) is 11.5. The SMILES string of the molecule is COc1cc(OC)c2c(C(=O)O)cc(-c3ccc(F)cc3)nc2c1. The number of aromatic nitrogens is 1. The monoisotopic (exact) mass is 327 g/mol. The summed E-state index contributed by atoms with van der Waals surface area (Å²) in [5.74, 6) is -0.616. The zero-order chi connectivity index (χ0) is 17.3. The van der Waals surface area contributed by atoms with E-state index in [1.165, 1.54) is 32.4 Å². The van der Waals surface area contributed by atoms with E-state index in [9.17, 15) is 14.3 Å². The van der Waals surface area contributed by atoms with Crippen LogP contribution < -0.4 is 9.47 Å². The Bertz CT molecular complexity index is 922. The highest BCUT2D eigenvalue weighted by atomic mass is 19.1. The highest BCUT2D eigenvalue weighted by Gasteiger charge is 2.18. The molecular formula is C18H14FNO4. The van der Waals surface area contributed by atoms with Crippen molar-refractivity contribution in [1.29, 1.82) is 0 Å². The maximum atomic E-state index is 13.1. The molecule has 0 fully saturated rings. The van der Waals surface area contributed by atoms with Crippen molar-refractivity contribution in [3.05, 3.63) is 53.8 Å². The molecule has 1 N–H and O–H groups in total. The van der Waals surface area contributed by atoms with Crippen molar-refractivity contribution >= 4 is 16.9 Å². The number of halogens is 1. The smallest absolute Gasteiger partial charge is 0.336 e. The lowest BCUT2D eigenvalue weighted by molar-refractivity contribution is 0.0698. The van der Waals surface area contributed by atoms with E-state index in [0.717, 1.165) is 0 Å². The fourth-order valence-corrected chi connectivity index (χ4v) is 2.52. The van der Waals surface area contributed by atoms with Crippen LogP contribution in [0.25, 0.3) is 22.2 Å². The molecule has 0 bridgehead atoms. The van der Waals surface area contributed by atoms with Crippen LogP contribution in [0.5, 0.6) is 11.5 Å². The lowest BCUT2D eigenvalue weighted by Crippen LogP contribution is -2.02. The molecule has 3 aromatic rings. The minimum Gasteiger partial charge on any atom is -0.497 e. The second-order valence-corrected chi connectivity index (χ2v) is 5.09. The summed E-state index contributed by atoms with van der Waals surface area (Å²) in [5, 5.41) is 9.96. The lowest BCUT2D eigenvalue weighted by Gasteiger charge is -2.12. The van der Waals surface area contributed by atoms with Gasteiger partial charge < -0.3 is 14.6 Å². The number of carbonyl (C=O) groups is 1. The van der Waals surface area contributed by atoms with Crippen LogP contribution in [0.1, 0.15) is 10.4 Å². The van der Waals surface area contributed by atoms with Crippen molar-refractivity contribution in [2.75, 3.05) is 14.2 Å². The summed E-state index contributed by atoms with van der Waals surface area (Å²) in [6.07, 6.45) is 0. The van der Waals surface area contributed by atoms with Crippen molar-refractivity contribution < 1.29 is 23.8 Å². The standard InChI is InChI=1S/C18H14FNO4/c1-23-12-7-15-17(16(8-12)24-2)13(18(21)22)9-14(20-15)10-3-5-11(19)6-4-10/h3-9H,1-2H3,(H,21,22). The van der Waals surface area contributed by atoms with E-state index >= 15 is 0 Å². The van der Waals surface area contributed by atoms with Crippen LogP contribution in [-0.2, 0) is 0 Å². The molecule has 0 unspecified atom stereocenters. The van der Waals surface area contributed by atoms with Crippen molar-refractivity contribution in [3.8, 4) is 22.8 Å². The van der Waals surface area contributed by atoms with Gasteiger partial charge in [-0.2, -0.15) is 0 Å². The molecule has 0 aliphatic rings. The number of hydrogen-bond acceptors (Lipinski definition) is 4. The third-order valence-electron chi connectivity index (χ3n) is 3.67. The number of ether oxygens (including phenoxy) is 2. The van der Waals surface area contributed by atoms with Gasteiger partial charge in [-0.15, -0.1) is 0 Å². The van der Waals surface area contributed by atoms with E-state index in [2.05, 4.69) is 4.98 Å². The zero-order valence-corrected chi connectivity index (χ0v) is 13.0. The van der Waals surface area contributed by atoms with Gasteiger partial charge in [-0.25, -0.2) is 14.2 Å². The summed E-state index contributed by atoms with van der Waals surface area (Å²) < 4.78 is 23.6. The van der Waals surface area contributed by atoms with Gasteiger partial charge in [0.1, 0.15) is 17.3 Å². The number of fused-ring (bicyclic) bond motifs is 1. The molecule has 2 aromatic carbocycles. The van der Waals surface area contributed by atoms with Crippen LogP contribution in [0, 0.1) is 5.82 Å². The summed E-state index contributed by atoms with van der Waals surface area (Å²) >= 11 is 0. The highest BCUT2D eigenvalue weighted by molar-refractivity contribution is 6.06. The second kappa shape index (κ2) is 6.16. The predicted molar refractivity (Wildman–Crippen MR) is 87.2 cm³/mol. The molecule has 0 spiro atoms. The largest absolute Gasteiger partial charge is 0.497 e. The molecule has 122 valence electrons. The molecule has 0 amide bonds. The Morgan fingerprint density at radius 1 is 1.08 bits per heavy atom. The molecule has 1 heterocycles. The van der Waals surface area contributed by atoms with E-state index in [4.69, 9.17) is 9.47 Å². The lowest BCUT2D eigenvalue weighted by atomic mass is 10.0. The number of aromatic carboxylic acids is 1. The van der Waals surface area contributed by atoms with Crippen LogP contribution in [0.4, 0.5) is 4.39 Å². The third-order valence-corrected chi connectivity index (χ3v) is 3.67. The van der Waals surface area contributed by atoms with Gasteiger partial charge in [0, 0.05) is 17.7 Å². The first-order valence-corrected chi connectivity index (χ1v) is 7.09. The van der Waals surface area contributed by atoms with Gasteiger partial charge >= 0.3 is 5.97 Å². The van der Waals surface area contributed by atoms with E-state index in [0.29, 0.717) is 33.7 Å². The number of methoxy groups -OCH3 is 2. The normalized spacial score (nSPS) is 10.6. The van der Waals surface area contributed by atoms with Gasteiger partial charge in [0.2, 0.25) is 0 Å². The Morgan fingerprint density at radius 2 is 1.79 bits per heavy atom. The van der Waals surface area contributed by atoms with Gasteiger partial charge in [-0.1, -0.05) is 0 Å². The Balaban J connectivity index is 2.34. The fourth-order valence-electron chi connectivity index (χ4n) is 2.52. The van der Waals surface area contributed by atoms with E-state index in [1.54, 1.807) is 24.3 Å². The maximum absolute atomic E-state index is 13.1. The number of carboxylic acids is 1. The van der Waals surface area contributed by atoms with E-state index in [-0.39, 0.29) is 11.4 Å². The number of carboxylic acid groups (broad SMARTS) is 1. The zero-order valence-electron chi connectivity index (χ0n) is 13.0. The molecule has 5 nitrogen and oxygen atoms in total. The van der Waals surface area contributed by atoms with Crippen molar-refractivity contribution in [3.63, 3.8) is 0 Å². The molecule has 0 atom stereocenters. The molecule has 3 rings (SSSR count). The van der Waals surface area contributed by atoms with Gasteiger partial charge in [0.25, 0.3) is 0 Å². The average molecular weight is 327 g/mol. The number of hydrogen-bond donors (Lipinski definition) is 1. The van der Waals surface area contributed by atoms with Crippen molar-refractivity contribution in [2.24, 2.45) is 0 Å². The maximum Gasteiger partial charge on any atom is 0.336 e. The van der Waals surface area contributed by atoms with Gasteiger partial charge in [0.05, 0.1) is 36.4 Å². The van der Waals surface area contributed by atoms with Crippen molar-refractivity contribution in [1.82, 2.24) is 4.98 Å². The number of benzene rings is 2. The van der Waals surface area contributed by atoms with Gasteiger partial charge in [-0.3, -0.25) is 0 Å². The molecule has 0 saturated heterocycles. The Morgan fingerprint density at radius 3 is 2.38 bits per heavy atom. The molecule has 0 saturated carbocycles. The summed E-state index contributed by atoms with van der Waals surface area (Å²) in [4.78, 5) is 16.2. The first-order valence-electron chi connectivity index (χ1n) is 7.09. The Kier molecular flexibility index (Phi) is 4.04. The van der Waals surface area contributed by atoms with Crippen molar-refractivity contribution in [2.45, 2.75) is 0 Å². The number of pyridine rings is 1. The summed E-state index contributed by atoms with van der Waals surface area (Å²) in [6.45, 7) is 0. The predicted octanol–water partition coefficient (Wildman–Crippen LogP) is 3.76. The van der Waals surface area contributed by atoms with E-state index in [1.807, 2.05) is 0 Å². The second-order valence-electron chi connectivity index (χ2n) is 5.09. The molecule has 1 aromatic heterocycles. The van der Waals surface area contributed by atoms with Crippen LogP contribution in [0.3, 0.4) is 0 Å². The van der Waals surface area contributed by atoms with Crippen LogP contribution in [-0.4, -0.2) is 30.3 Å². The molecule has 0 aliphatic heterocycles. The molecule has 6 heteroatoms. The molecule has 0 aliphatic carbocycles. The molecular weight excluding hydrogens is 313 g/mol. The topological polar surface area (TPSA) is 68.7 Å². The first kappa shape index (κ1) is 15.7. The van der Waals surface area contributed by atoms with Crippen LogP contribution in [0.2, 0.25) is 0 Å². The minimum atomic E-state index is -1.10. The number of nitrogens with zero attached hydrogens (tertiary/aromatic N) is 1. The highest BCUT2D eigenvalue weighted by Crippen LogP contribution is 2.35. The Hall–Kier alpha value is -3.15. The van der Waals surface area contributed by atoms with Gasteiger partial charge in [0.15, 0.2) is 0 Å². The summed E-state index contributed by atoms with van der Waals surface area (Å²) in [6, 6.07) is 10.4. The summed E-state index contributed by atoms with van der Waals surface area (Å²) in [7, 11) is 2.95. The van der Waals surface area contributed by atoms with Crippen LogP contribution >= 0.6 is 0 Å². The summed E-state index contributed by atoms with van der Waals surface area (Å²) in [5.41, 5.74) is 1.52. The molecule has 0 radical (unpaired) electrons. The van der Waals surface area contributed by atoms with E-state index < -0.39 is 5.97 Å². The van der Waals surface area contributed by atoms with Gasteiger partial charge in [-0.05, 0) is 30.3 Å². The molecule has 24 heavy (non-hydrogen) atoms. The minimum absolute atomic E-state index is 0.0545. The Labute approximate surface area is 137 Å².